The van der Waals surface area contributed by atoms with Crippen LogP contribution in [0.1, 0.15) is 0 Å². The molecule has 1 fully saturated rings. The lowest BCUT2D eigenvalue weighted by Crippen LogP contribution is -2.21. The molecule has 1 N–H and O–H groups in total. The monoisotopic (exact) mass is 126 g/mol. The molecule has 50 valence electrons. The molecule has 0 saturated carbocycles. The third-order valence-corrected chi connectivity index (χ3v) is 1.32. The minimum absolute atomic E-state index is 0.0486. The lowest BCUT2D eigenvalue weighted by atomic mass is 10.2. The molecule has 1 atom stereocenters. The summed E-state index contributed by atoms with van der Waals surface area (Å²) < 4.78 is 5.11. The molecule has 1 heterocycles. The smallest absolute Gasteiger partial charge is 0.0821 e. The fraction of sp³-hybridized carbons (Fsp3) is 0.833. The molecule has 0 amide bonds. The molecule has 1 unspecified atom stereocenters. The summed E-state index contributed by atoms with van der Waals surface area (Å²) in [5, 5.41) is 11.5. The largest absolute Gasteiger partial charge is 0.379 e. The summed E-state index contributed by atoms with van der Waals surface area (Å²) >= 11 is 0. The van der Waals surface area contributed by atoms with Gasteiger partial charge in [-0.15, -0.1) is 0 Å². The van der Waals surface area contributed by atoms with Gasteiger partial charge in [0.2, 0.25) is 0 Å². The van der Waals surface area contributed by atoms with Gasteiger partial charge in [-0.1, -0.05) is 0 Å². The van der Waals surface area contributed by atoms with Crippen LogP contribution in [0, 0.1) is 17.2 Å². The van der Waals surface area contributed by atoms with Crippen molar-refractivity contribution in [1.29, 1.82) is 5.26 Å². The lowest BCUT2D eigenvalue weighted by molar-refractivity contribution is 0.137. The van der Waals surface area contributed by atoms with Gasteiger partial charge in [0.25, 0.3) is 0 Å². The van der Waals surface area contributed by atoms with E-state index in [0.717, 1.165) is 19.7 Å². The van der Waals surface area contributed by atoms with Crippen LogP contribution in [0.5, 0.6) is 0 Å². The minimum Gasteiger partial charge on any atom is -0.379 e. The van der Waals surface area contributed by atoms with Gasteiger partial charge in [0.1, 0.15) is 0 Å². The molecule has 0 aromatic rings. The fourth-order valence-corrected chi connectivity index (χ4v) is 0.788. The van der Waals surface area contributed by atoms with Crippen molar-refractivity contribution >= 4 is 0 Å². The molecule has 1 rings (SSSR count). The topological polar surface area (TPSA) is 45.0 Å². The second kappa shape index (κ2) is 3.44. The maximum atomic E-state index is 8.45. The first-order chi connectivity index (χ1) is 4.43. The van der Waals surface area contributed by atoms with Gasteiger partial charge >= 0.3 is 0 Å². The van der Waals surface area contributed by atoms with E-state index in [2.05, 4.69) is 11.4 Å². The van der Waals surface area contributed by atoms with E-state index in [1.54, 1.807) is 0 Å². The maximum absolute atomic E-state index is 8.45. The Kier molecular flexibility index (Phi) is 2.49. The van der Waals surface area contributed by atoms with Crippen LogP contribution >= 0.6 is 0 Å². The summed E-state index contributed by atoms with van der Waals surface area (Å²) in [6.45, 7) is 2.97. The number of nitriles is 1. The van der Waals surface area contributed by atoms with Gasteiger partial charge in [0.05, 0.1) is 25.2 Å². The van der Waals surface area contributed by atoms with Crippen molar-refractivity contribution in [3.63, 3.8) is 0 Å². The van der Waals surface area contributed by atoms with Crippen LogP contribution in [-0.4, -0.2) is 26.3 Å². The standard InChI is InChI=1S/C6H10N2O/c7-3-6-4-8-1-2-9-5-6/h6,8H,1-2,4-5H2. The van der Waals surface area contributed by atoms with Gasteiger partial charge in [-0.05, 0) is 0 Å². The first-order valence-corrected chi connectivity index (χ1v) is 3.11. The van der Waals surface area contributed by atoms with Gasteiger partial charge in [-0.2, -0.15) is 5.26 Å². The zero-order valence-corrected chi connectivity index (χ0v) is 5.26. The molecule has 0 aromatic carbocycles. The number of ether oxygens (including phenoxy) is 1. The molecule has 0 radical (unpaired) electrons. The highest BCUT2D eigenvalue weighted by Crippen LogP contribution is 1.95. The summed E-state index contributed by atoms with van der Waals surface area (Å²) in [7, 11) is 0. The summed E-state index contributed by atoms with van der Waals surface area (Å²) in [6, 6.07) is 2.16. The van der Waals surface area contributed by atoms with Gasteiger partial charge in [0.15, 0.2) is 0 Å². The van der Waals surface area contributed by atoms with Crippen molar-refractivity contribution in [3.05, 3.63) is 0 Å². The molecule has 3 nitrogen and oxygen atoms in total. The van der Waals surface area contributed by atoms with E-state index in [1.165, 1.54) is 0 Å². The summed E-state index contributed by atoms with van der Waals surface area (Å²) in [6.07, 6.45) is 0. The lowest BCUT2D eigenvalue weighted by Gasteiger charge is -2.00. The highest BCUT2D eigenvalue weighted by molar-refractivity contribution is 4.85. The Morgan fingerprint density at radius 1 is 1.67 bits per heavy atom. The van der Waals surface area contributed by atoms with Crippen molar-refractivity contribution < 1.29 is 4.74 Å². The molecular formula is C6H10N2O. The number of rotatable bonds is 0. The Bertz CT molecular complexity index is 111. The summed E-state index contributed by atoms with van der Waals surface area (Å²) in [4.78, 5) is 0. The second-order valence-electron chi connectivity index (χ2n) is 2.11. The van der Waals surface area contributed by atoms with Crippen LogP contribution < -0.4 is 5.32 Å². The van der Waals surface area contributed by atoms with E-state index in [9.17, 15) is 0 Å². The van der Waals surface area contributed by atoms with Gasteiger partial charge < -0.3 is 10.1 Å². The number of nitrogens with one attached hydrogen (secondary N) is 1. The van der Waals surface area contributed by atoms with Crippen LogP contribution in [0.15, 0.2) is 0 Å². The normalized spacial score (nSPS) is 28.6. The Morgan fingerprint density at radius 3 is 3.33 bits per heavy atom. The molecule has 0 bridgehead atoms. The minimum atomic E-state index is 0.0486. The van der Waals surface area contributed by atoms with Gasteiger partial charge in [0, 0.05) is 13.1 Å². The van der Waals surface area contributed by atoms with E-state index >= 15 is 0 Å². The van der Waals surface area contributed by atoms with E-state index < -0.39 is 0 Å². The van der Waals surface area contributed by atoms with Crippen LogP contribution in [0.3, 0.4) is 0 Å². The van der Waals surface area contributed by atoms with E-state index in [4.69, 9.17) is 10.00 Å². The predicted molar refractivity (Wildman–Crippen MR) is 32.8 cm³/mol. The molecule has 0 spiro atoms. The SMILES string of the molecule is N#CC1CNCCOC1. The zero-order valence-electron chi connectivity index (χ0n) is 5.26. The Morgan fingerprint density at radius 2 is 2.56 bits per heavy atom. The molecule has 1 aliphatic heterocycles. The average molecular weight is 126 g/mol. The van der Waals surface area contributed by atoms with Crippen LogP contribution in [0.25, 0.3) is 0 Å². The van der Waals surface area contributed by atoms with E-state index in [-0.39, 0.29) is 5.92 Å². The average Bonchev–Trinajstić information content (AvgIpc) is 2.13. The van der Waals surface area contributed by atoms with Crippen molar-refractivity contribution in [3.8, 4) is 6.07 Å². The molecule has 1 saturated heterocycles. The molecule has 0 aromatic heterocycles. The van der Waals surface area contributed by atoms with Crippen LogP contribution in [0.4, 0.5) is 0 Å². The van der Waals surface area contributed by atoms with Crippen molar-refractivity contribution in [2.24, 2.45) is 5.92 Å². The zero-order chi connectivity index (χ0) is 6.53. The number of nitrogens with zero attached hydrogens (tertiary/aromatic N) is 1. The molecular weight excluding hydrogens is 116 g/mol. The quantitative estimate of drug-likeness (QED) is 0.486. The van der Waals surface area contributed by atoms with Gasteiger partial charge in [-0.25, -0.2) is 0 Å². The first-order valence-electron chi connectivity index (χ1n) is 3.11. The Hall–Kier alpha value is -0.590. The molecule has 1 aliphatic rings. The van der Waals surface area contributed by atoms with E-state index in [1.807, 2.05) is 0 Å². The maximum Gasteiger partial charge on any atom is 0.0821 e. The molecule has 9 heavy (non-hydrogen) atoms. The predicted octanol–water partition coefficient (Wildman–Crippen LogP) is -0.254. The number of hydrogen-bond donors (Lipinski definition) is 1. The Labute approximate surface area is 54.6 Å². The van der Waals surface area contributed by atoms with Crippen LogP contribution in [-0.2, 0) is 4.74 Å². The van der Waals surface area contributed by atoms with Crippen molar-refractivity contribution in [2.45, 2.75) is 0 Å². The Balaban J connectivity index is 2.29. The number of hydrogen-bond acceptors (Lipinski definition) is 3. The third-order valence-electron chi connectivity index (χ3n) is 1.32. The van der Waals surface area contributed by atoms with E-state index in [0.29, 0.717) is 6.61 Å². The highest BCUT2D eigenvalue weighted by atomic mass is 16.5. The fourth-order valence-electron chi connectivity index (χ4n) is 0.788. The van der Waals surface area contributed by atoms with Crippen molar-refractivity contribution in [1.82, 2.24) is 5.32 Å². The van der Waals surface area contributed by atoms with Crippen molar-refractivity contribution in [2.75, 3.05) is 26.3 Å². The summed E-state index contributed by atoms with van der Waals surface area (Å²) in [5.74, 6) is 0.0486. The molecule has 0 aliphatic carbocycles. The third kappa shape index (κ3) is 2.00. The van der Waals surface area contributed by atoms with Crippen LogP contribution in [0.2, 0.25) is 0 Å². The highest BCUT2D eigenvalue weighted by Gasteiger charge is 2.09. The first kappa shape index (κ1) is 6.53. The second-order valence-corrected chi connectivity index (χ2v) is 2.11. The summed E-state index contributed by atoms with van der Waals surface area (Å²) in [5.41, 5.74) is 0. The molecule has 3 heteroatoms. The van der Waals surface area contributed by atoms with Gasteiger partial charge in [-0.3, -0.25) is 0 Å².